The van der Waals surface area contributed by atoms with E-state index in [4.69, 9.17) is 4.42 Å². The minimum Gasteiger partial charge on any atom is -0.451 e. The van der Waals surface area contributed by atoms with Gasteiger partial charge in [-0.2, -0.15) is 0 Å². The molecule has 0 aliphatic carbocycles. The highest BCUT2D eigenvalue weighted by Crippen LogP contribution is 2.24. The number of hydrogen-bond donors (Lipinski definition) is 1. The van der Waals surface area contributed by atoms with Gasteiger partial charge < -0.3 is 9.73 Å². The molecule has 1 amide bonds. The summed E-state index contributed by atoms with van der Waals surface area (Å²) < 4.78 is 20.5. The molecule has 7 heteroatoms. The minimum absolute atomic E-state index is 0.220. The highest BCUT2D eigenvalue weighted by Gasteiger charge is 2.21. The number of carbonyl (C=O) groups excluding carboxylic acids is 1. The van der Waals surface area contributed by atoms with Crippen molar-refractivity contribution in [1.29, 1.82) is 0 Å². The Balaban J connectivity index is 1.27. The summed E-state index contributed by atoms with van der Waals surface area (Å²) >= 11 is 0. The number of fused-ring (bicyclic) bond motifs is 2. The Morgan fingerprint density at radius 3 is 2.67 bits per heavy atom. The summed E-state index contributed by atoms with van der Waals surface area (Å²) in [6, 6.07) is 18.7. The lowest BCUT2D eigenvalue weighted by molar-refractivity contribution is 0.0998. The van der Waals surface area contributed by atoms with Gasteiger partial charge in [-0.05, 0) is 53.9 Å². The summed E-state index contributed by atoms with van der Waals surface area (Å²) in [7, 11) is -1.25. The van der Waals surface area contributed by atoms with E-state index in [0.717, 1.165) is 18.4 Å². The van der Waals surface area contributed by atoms with Crippen molar-refractivity contribution in [2.24, 2.45) is 0 Å². The maximum absolute atomic E-state index is 13.0. The molecule has 1 aliphatic rings. The molecule has 0 radical (unpaired) electrons. The summed E-state index contributed by atoms with van der Waals surface area (Å²) in [6.07, 6.45) is 4.16. The molecule has 1 N–H and O–H groups in total. The Morgan fingerprint density at radius 2 is 1.87 bits per heavy atom. The molecule has 0 saturated carbocycles. The maximum atomic E-state index is 13.0. The summed E-state index contributed by atoms with van der Waals surface area (Å²) in [5.41, 5.74) is 3.78. The Hall–Kier alpha value is -3.29. The number of hydrogen-bond acceptors (Lipinski definition) is 4. The van der Waals surface area contributed by atoms with Crippen LogP contribution in [0.2, 0.25) is 0 Å². The van der Waals surface area contributed by atoms with Crippen molar-refractivity contribution in [3.8, 4) is 0 Å². The number of rotatable bonds is 4. The van der Waals surface area contributed by atoms with Crippen molar-refractivity contribution in [3.63, 3.8) is 0 Å². The Labute approximate surface area is 176 Å². The molecule has 1 unspecified atom stereocenters. The van der Waals surface area contributed by atoms with Crippen molar-refractivity contribution in [1.82, 2.24) is 9.29 Å². The molecule has 3 heterocycles. The van der Waals surface area contributed by atoms with Crippen LogP contribution in [0.25, 0.3) is 11.0 Å². The normalized spacial score (nSPS) is 14.9. The van der Waals surface area contributed by atoms with Crippen LogP contribution < -0.4 is 5.32 Å². The third kappa shape index (κ3) is 3.65. The third-order valence-corrected chi connectivity index (χ3v) is 6.64. The molecule has 0 bridgehead atoms. The van der Waals surface area contributed by atoms with Crippen molar-refractivity contribution in [2.75, 3.05) is 11.9 Å². The van der Waals surface area contributed by atoms with Gasteiger partial charge in [-0.1, -0.05) is 24.3 Å². The standard InChI is InChI=1S/C23H19N3O3S/c27-23(22-13-18-14-24-11-9-21(18)29-22)25-19-5-7-20(8-6-19)30(28)26-12-10-16-3-1-2-4-17(16)15-26/h1-9,11,13-14H,10,12,15H2,(H,25,27). The molecule has 150 valence electrons. The molecule has 4 aromatic rings. The lowest BCUT2D eigenvalue weighted by Gasteiger charge is -2.27. The van der Waals surface area contributed by atoms with Gasteiger partial charge in [0.25, 0.3) is 5.91 Å². The van der Waals surface area contributed by atoms with Crippen LogP contribution >= 0.6 is 0 Å². The zero-order valence-electron chi connectivity index (χ0n) is 16.1. The van der Waals surface area contributed by atoms with Crippen LogP contribution in [0, 0.1) is 0 Å². The van der Waals surface area contributed by atoms with Crippen molar-refractivity contribution >= 4 is 33.5 Å². The van der Waals surface area contributed by atoms with E-state index in [2.05, 4.69) is 22.4 Å². The molecular formula is C23H19N3O3S. The number of carbonyl (C=O) groups is 1. The molecule has 1 aliphatic heterocycles. The SMILES string of the molecule is O=C(Nc1ccc(S(=O)N2CCc3ccccc3C2)cc1)c1cc2cnccc2o1. The predicted octanol–water partition coefficient (Wildman–Crippen LogP) is 4.16. The molecule has 1 atom stereocenters. The average molecular weight is 417 g/mol. The van der Waals surface area contributed by atoms with Crippen molar-refractivity contribution in [2.45, 2.75) is 17.9 Å². The molecule has 6 nitrogen and oxygen atoms in total. The number of pyridine rings is 1. The molecule has 5 rings (SSSR count). The molecule has 2 aromatic carbocycles. The number of amides is 1. The van der Waals surface area contributed by atoms with Crippen molar-refractivity contribution in [3.05, 3.63) is 89.9 Å². The van der Waals surface area contributed by atoms with Gasteiger partial charge in [-0.3, -0.25) is 9.78 Å². The first-order valence-corrected chi connectivity index (χ1v) is 10.8. The van der Waals surface area contributed by atoms with E-state index >= 15 is 0 Å². The molecule has 0 saturated heterocycles. The summed E-state index contributed by atoms with van der Waals surface area (Å²) in [5, 5.41) is 3.59. The van der Waals surface area contributed by atoms with Crippen LogP contribution in [0.5, 0.6) is 0 Å². The highest BCUT2D eigenvalue weighted by molar-refractivity contribution is 7.82. The fourth-order valence-electron chi connectivity index (χ4n) is 3.60. The largest absolute Gasteiger partial charge is 0.451 e. The van der Waals surface area contributed by atoms with E-state index < -0.39 is 11.0 Å². The first-order valence-electron chi connectivity index (χ1n) is 9.66. The van der Waals surface area contributed by atoms with Crippen LogP contribution in [0.4, 0.5) is 5.69 Å². The van der Waals surface area contributed by atoms with Crippen LogP contribution in [-0.2, 0) is 24.0 Å². The van der Waals surface area contributed by atoms with Gasteiger partial charge in [-0.15, -0.1) is 0 Å². The fraction of sp³-hybridized carbons (Fsp3) is 0.130. The molecule has 2 aromatic heterocycles. The van der Waals surface area contributed by atoms with Crippen LogP contribution in [-0.4, -0.2) is 26.0 Å². The van der Waals surface area contributed by atoms with Gasteiger partial charge in [0.2, 0.25) is 0 Å². The average Bonchev–Trinajstić information content (AvgIpc) is 3.23. The van der Waals surface area contributed by atoms with E-state index in [1.165, 1.54) is 11.1 Å². The first kappa shape index (κ1) is 18.7. The Kier molecular flexibility index (Phi) is 4.90. The van der Waals surface area contributed by atoms with Gasteiger partial charge in [-0.25, -0.2) is 8.51 Å². The van der Waals surface area contributed by atoms with Gasteiger partial charge in [0.15, 0.2) is 5.76 Å². The second kappa shape index (κ2) is 7.85. The Morgan fingerprint density at radius 1 is 1.07 bits per heavy atom. The predicted molar refractivity (Wildman–Crippen MR) is 115 cm³/mol. The summed E-state index contributed by atoms with van der Waals surface area (Å²) in [5.74, 6) is -0.120. The Bertz CT molecular complexity index is 1220. The van der Waals surface area contributed by atoms with E-state index in [9.17, 15) is 9.00 Å². The van der Waals surface area contributed by atoms with E-state index in [1.54, 1.807) is 48.8 Å². The van der Waals surface area contributed by atoms with Gasteiger partial charge in [0, 0.05) is 36.6 Å². The molecular weight excluding hydrogens is 398 g/mol. The van der Waals surface area contributed by atoms with Gasteiger partial charge in [0.1, 0.15) is 16.6 Å². The van der Waals surface area contributed by atoms with Crippen LogP contribution in [0.1, 0.15) is 21.7 Å². The minimum atomic E-state index is -1.25. The second-order valence-corrected chi connectivity index (χ2v) is 8.62. The number of benzene rings is 2. The van der Waals surface area contributed by atoms with E-state index in [1.807, 2.05) is 16.4 Å². The van der Waals surface area contributed by atoms with Gasteiger partial charge in [0.05, 0.1) is 4.90 Å². The topological polar surface area (TPSA) is 75.4 Å². The van der Waals surface area contributed by atoms with Gasteiger partial charge >= 0.3 is 0 Å². The second-order valence-electron chi connectivity index (χ2n) is 7.13. The van der Waals surface area contributed by atoms with E-state index in [0.29, 0.717) is 22.7 Å². The molecule has 0 fully saturated rings. The zero-order valence-corrected chi connectivity index (χ0v) is 16.9. The smallest absolute Gasteiger partial charge is 0.291 e. The van der Waals surface area contributed by atoms with Crippen LogP contribution in [0.15, 0.2) is 82.4 Å². The molecule has 30 heavy (non-hydrogen) atoms. The number of aromatic nitrogens is 1. The fourth-order valence-corrected chi connectivity index (χ4v) is 4.78. The monoisotopic (exact) mass is 417 g/mol. The quantitative estimate of drug-likeness (QED) is 0.541. The maximum Gasteiger partial charge on any atom is 0.291 e. The third-order valence-electron chi connectivity index (χ3n) is 5.18. The van der Waals surface area contributed by atoms with Crippen molar-refractivity contribution < 1.29 is 13.4 Å². The highest BCUT2D eigenvalue weighted by atomic mass is 32.2. The number of furan rings is 1. The number of anilines is 1. The molecule has 0 spiro atoms. The lowest BCUT2D eigenvalue weighted by Crippen LogP contribution is -2.32. The zero-order chi connectivity index (χ0) is 20.5. The van der Waals surface area contributed by atoms with E-state index in [-0.39, 0.29) is 11.7 Å². The first-order chi connectivity index (χ1) is 14.7. The number of nitrogens with one attached hydrogen (secondary N) is 1. The number of nitrogens with zero attached hydrogens (tertiary/aromatic N) is 2. The summed E-state index contributed by atoms with van der Waals surface area (Å²) in [6.45, 7) is 1.42. The summed E-state index contributed by atoms with van der Waals surface area (Å²) in [4.78, 5) is 17.2. The van der Waals surface area contributed by atoms with Crippen LogP contribution in [0.3, 0.4) is 0 Å². The lowest BCUT2D eigenvalue weighted by atomic mass is 10.0.